The molecule has 0 aromatic heterocycles. The number of hydrogen-bond donors (Lipinski definition) is 0. The largest absolute Gasteiger partial charge is 0.462 e. The molecule has 0 bridgehead atoms. The van der Waals surface area contributed by atoms with Gasteiger partial charge in [-0.1, -0.05) is 35.9 Å². The Kier molecular flexibility index (Phi) is 7.02. The summed E-state index contributed by atoms with van der Waals surface area (Å²) in [6.45, 7) is 4.74. The second-order valence-electron chi connectivity index (χ2n) is 6.25. The Labute approximate surface area is 144 Å². The van der Waals surface area contributed by atoms with Crippen LogP contribution in [0, 0.1) is 24.2 Å². The number of hydrogen-bond acceptors (Lipinski definition) is 4. The standard InChI is InChI=1S/C20H25NO3/c1-3-23-20(22)18(13-21)12-16-8-10-19(11-9-16)24-14-17-6-4-15(2)5-7-17/h4-7,12,16,19H,3,8-11,14H2,1-2H3/b18-12-. The number of benzene rings is 1. The molecule has 0 spiro atoms. The van der Waals surface area contributed by atoms with Gasteiger partial charge < -0.3 is 9.47 Å². The first-order valence-electron chi connectivity index (χ1n) is 8.58. The zero-order valence-corrected chi connectivity index (χ0v) is 14.5. The van der Waals surface area contributed by atoms with Gasteiger partial charge in [0, 0.05) is 0 Å². The summed E-state index contributed by atoms with van der Waals surface area (Å²) < 4.78 is 10.9. The summed E-state index contributed by atoms with van der Waals surface area (Å²) in [5, 5.41) is 9.09. The van der Waals surface area contributed by atoms with Gasteiger partial charge in [-0.15, -0.1) is 0 Å². The van der Waals surface area contributed by atoms with Crippen LogP contribution in [0.2, 0.25) is 0 Å². The van der Waals surface area contributed by atoms with Crippen LogP contribution in [0.25, 0.3) is 0 Å². The third kappa shape index (κ3) is 5.50. The van der Waals surface area contributed by atoms with Gasteiger partial charge in [0.1, 0.15) is 11.6 Å². The van der Waals surface area contributed by atoms with Crippen LogP contribution in [0.5, 0.6) is 0 Å². The van der Waals surface area contributed by atoms with E-state index in [0.29, 0.717) is 6.61 Å². The second kappa shape index (κ2) is 9.24. The molecule has 1 aromatic rings. The zero-order valence-electron chi connectivity index (χ0n) is 14.5. The van der Waals surface area contributed by atoms with E-state index < -0.39 is 5.97 Å². The Bertz CT molecular complexity index is 605. The normalized spacial score (nSPS) is 21.1. The van der Waals surface area contributed by atoms with Crippen LogP contribution in [0.15, 0.2) is 35.9 Å². The molecule has 0 N–H and O–H groups in total. The van der Waals surface area contributed by atoms with E-state index in [-0.39, 0.29) is 24.2 Å². The molecule has 0 amide bonds. The van der Waals surface area contributed by atoms with Gasteiger partial charge in [0.25, 0.3) is 0 Å². The number of allylic oxidation sites excluding steroid dienone is 1. The molecule has 1 aliphatic rings. The molecule has 1 saturated carbocycles. The van der Waals surface area contributed by atoms with Crippen molar-refractivity contribution in [3.63, 3.8) is 0 Å². The van der Waals surface area contributed by atoms with Crippen molar-refractivity contribution in [3.8, 4) is 6.07 Å². The van der Waals surface area contributed by atoms with Crippen LogP contribution in [0.3, 0.4) is 0 Å². The first-order valence-corrected chi connectivity index (χ1v) is 8.58. The van der Waals surface area contributed by atoms with Gasteiger partial charge >= 0.3 is 5.97 Å². The predicted molar refractivity (Wildman–Crippen MR) is 92.0 cm³/mol. The molecule has 0 atom stereocenters. The van der Waals surface area contributed by atoms with Gasteiger partial charge in [0.2, 0.25) is 0 Å². The van der Waals surface area contributed by atoms with Crippen LogP contribution in [-0.2, 0) is 20.9 Å². The van der Waals surface area contributed by atoms with Gasteiger partial charge in [-0.05, 0) is 51.0 Å². The van der Waals surface area contributed by atoms with Crippen molar-refractivity contribution >= 4 is 5.97 Å². The molecular formula is C20H25NO3. The topological polar surface area (TPSA) is 59.3 Å². The van der Waals surface area contributed by atoms with Gasteiger partial charge in [-0.3, -0.25) is 0 Å². The third-order valence-corrected chi connectivity index (χ3v) is 4.34. The van der Waals surface area contributed by atoms with E-state index >= 15 is 0 Å². The highest BCUT2D eigenvalue weighted by molar-refractivity contribution is 5.92. The summed E-state index contributed by atoms with van der Waals surface area (Å²) in [4.78, 5) is 11.7. The van der Waals surface area contributed by atoms with Gasteiger partial charge in [-0.2, -0.15) is 5.26 Å². The maximum atomic E-state index is 11.7. The number of ether oxygens (including phenoxy) is 2. The van der Waals surface area contributed by atoms with E-state index in [4.69, 9.17) is 14.7 Å². The van der Waals surface area contributed by atoms with Crippen molar-refractivity contribution in [2.24, 2.45) is 5.92 Å². The Morgan fingerprint density at radius 1 is 1.25 bits per heavy atom. The van der Waals surface area contributed by atoms with Crippen LogP contribution in [0.4, 0.5) is 0 Å². The first-order chi connectivity index (χ1) is 11.6. The first kappa shape index (κ1) is 18.2. The summed E-state index contributed by atoms with van der Waals surface area (Å²) in [5.41, 5.74) is 2.57. The van der Waals surface area contributed by atoms with Crippen molar-refractivity contribution < 1.29 is 14.3 Å². The summed E-state index contributed by atoms with van der Waals surface area (Å²) in [5.74, 6) is -0.263. The lowest BCUT2D eigenvalue weighted by Crippen LogP contribution is -2.21. The van der Waals surface area contributed by atoms with Gasteiger partial charge in [-0.25, -0.2) is 4.79 Å². The average Bonchev–Trinajstić information content (AvgIpc) is 2.60. The average molecular weight is 327 g/mol. The molecule has 2 rings (SSSR count). The molecule has 1 aromatic carbocycles. The van der Waals surface area contributed by atoms with Crippen molar-refractivity contribution in [1.29, 1.82) is 5.26 Å². The number of carbonyl (C=O) groups excluding carboxylic acids is 1. The molecule has 128 valence electrons. The molecule has 4 heteroatoms. The summed E-state index contributed by atoms with van der Waals surface area (Å²) >= 11 is 0. The van der Waals surface area contributed by atoms with Crippen molar-refractivity contribution in [3.05, 3.63) is 47.0 Å². The number of nitriles is 1. The Morgan fingerprint density at radius 2 is 1.92 bits per heavy atom. The van der Waals surface area contributed by atoms with Crippen LogP contribution in [-0.4, -0.2) is 18.7 Å². The van der Waals surface area contributed by atoms with Crippen LogP contribution < -0.4 is 0 Å². The number of nitrogens with zero attached hydrogens (tertiary/aromatic N) is 1. The van der Waals surface area contributed by atoms with E-state index in [2.05, 4.69) is 31.2 Å². The highest BCUT2D eigenvalue weighted by Crippen LogP contribution is 2.28. The van der Waals surface area contributed by atoms with Gasteiger partial charge in [0.05, 0.1) is 19.3 Å². The summed E-state index contributed by atoms with van der Waals surface area (Å²) in [6.07, 6.45) is 5.80. The molecule has 0 unspecified atom stereocenters. The van der Waals surface area contributed by atoms with E-state index in [1.165, 1.54) is 11.1 Å². The fourth-order valence-electron chi connectivity index (χ4n) is 2.92. The number of aryl methyl sites for hydroxylation is 1. The Hall–Kier alpha value is -2.12. The maximum Gasteiger partial charge on any atom is 0.348 e. The lowest BCUT2D eigenvalue weighted by molar-refractivity contribution is -0.138. The van der Waals surface area contributed by atoms with E-state index in [9.17, 15) is 4.79 Å². The molecule has 4 nitrogen and oxygen atoms in total. The Balaban J connectivity index is 1.79. The molecule has 0 saturated heterocycles. The number of esters is 1. The monoisotopic (exact) mass is 327 g/mol. The van der Waals surface area contributed by atoms with Crippen molar-refractivity contribution in [1.82, 2.24) is 0 Å². The third-order valence-electron chi connectivity index (χ3n) is 4.34. The number of carbonyl (C=O) groups is 1. The minimum atomic E-state index is -0.516. The quantitative estimate of drug-likeness (QED) is 0.449. The molecule has 24 heavy (non-hydrogen) atoms. The molecule has 1 fully saturated rings. The van der Waals surface area contributed by atoms with Crippen molar-refractivity contribution in [2.75, 3.05) is 6.61 Å². The minimum Gasteiger partial charge on any atom is -0.462 e. The van der Waals surface area contributed by atoms with E-state index in [1.807, 2.05) is 6.07 Å². The summed E-state index contributed by atoms with van der Waals surface area (Å²) in [6, 6.07) is 10.3. The Morgan fingerprint density at radius 3 is 2.50 bits per heavy atom. The van der Waals surface area contributed by atoms with Crippen molar-refractivity contribution in [2.45, 2.75) is 52.2 Å². The highest BCUT2D eigenvalue weighted by Gasteiger charge is 2.22. The maximum absolute atomic E-state index is 11.7. The fourth-order valence-corrected chi connectivity index (χ4v) is 2.92. The van der Waals surface area contributed by atoms with E-state index in [0.717, 1.165) is 25.7 Å². The molecule has 1 aliphatic carbocycles. The van der Waals surface area contributed by atoms with Crippen LogP contribution in [0.1, 0.15) is 43.7 Å². The molecule has 0 heterocycles. The van der Waals surface area contributed by atoms with Gasteiger partial charge in [0.15, 0.2) is 0 Å². The minimum absolute atomic E-state index is 0.126. The second-order valence-corrected chi connectivity index (χ2v) is 6.25. The summed E-state index contributed by atoms with van der Waals surface area (Å²) in [7, 11) is 0. The predicted octanol–water partition coefficient (Wildman–Crippen LogP) is 4.08. The lowest BCUT2D eigenvalue weighted by Gasteiger charge is -2.27. The molecule has 0 aliphatic heterocycles. The highest BCUT2D eigenvalue weighted by atomic mass is 16.5. The van der Waals surface area contributed by atoms with Crippen LogP contribution >= 0.6 is 0 Å². The smallest absolute Gasteiger partial charge is 0.348 e. The molecule has 0 radical (unpaired) electrons. The van der Waals surface area contributed by atoms with E-state index in [1.54, 1.807) is 13.0 Å². The lowest BCUT2D eigenvalue weighted by atomic mass is 9.86. The number of rotatable bonds is 6. The molecular weight excluding hydrogens is 302 g/mol. The zero-order chi connectivity index (χ0) is 17.4. The fraction of sp³-hybridized carbons (Fsp3) is 0.500. The SMILES string of the molecule is CCOC(=O)/C(C#N)=C\C1CCC(OCc2ccc(C)cc2)CC1.